The van der Waals surface area contributed by atoms with Crippen molar-refractivity contribution in [2.24, 2.45) is 13.0 Å². The Balaban J connectivity index is 2.11. The summed E-state index contributed by atoms with van der Waals surface area (Å²) in [7, 11) is 4.04. The molecule has 0 radical (unpaired) electrons. The number of nitrogens with one attached hydrogen (secondary N) is 1. The van der Waals surface area contributed by atoms with Crippen LogP contribution in [0.3, 0.4) is 0 Å². The van der Waals surface area contributed by atoms with Crippen LogP contribution in [-0.2, 0) is 7.05 Å². The van der Waals surface area contributed by atoms with Crippen molar-refractivity contribution in [3.8, 4) is 0 Å². The minimum absolute atomic E-state index is 0.746. The average Bonchev–Trinajstić information content (AvgIpc) is 2.40. The third-order valence-electron chi connectivity index (χ3n) is 3.33. The predicted molar refractivity (Wildman–Crippen MR) is 57.3 cm³/mol. The second-order valence-corrected chi connectivity index (χ2v) is 4.35. The summed E-state index contributed by atoms with van der Waals surface area (Å²) in [5, 5.41) is 7.67. The summed E-state index contributed by atoms with van der Waals surface area (Å²) in [4.78, 5) is 0. The van der Waals surface area contributed by atoms with Gasteiger partial charge in [-0.2, -0.15) is 5.10 Å². The van der Waals surface area contributed by atoms with E-state index in [1.807, 2.05) is 18.8 Å². The molecule has 2 unspecified atom stereocenters. The van der Waals surface area contributed by atoms with Gasteiger partial charge in [-0.25, -0.2) is 0 Å². The largest absolute Gasteiger partial charge is 0.319 e. The smallest absolute Gasteiger partial charge is 0.0628 e. The van der Waals surface area contributed by atoms with Crippen molar-refractivity contribution in [2.75, 3.05) is 13.6 Å². The van der Waals surface area contributed by atoms with Gasteiger partial charge >= 0.3 is 0 Å². The first-order valence-electron chi connectivity index (χ1n) is 5.37. The van der Waals surface area contributed by atoms with Gasteiger partial charge in [0.05, 0.1) is 5.69 Å². The van der Waals surface area contributed by atoms with Gasteiger partial charge in [0.15, 0.2) is 0 Å². The van der Waals surface area contributed by atoms with Gasteiger partial charge in [-0.15, -0.1) is 0 Å². The van der Waals surface area contributed by atoms with E-state index in [1.54, 1.807) is 0 Å². The molecular formula is C11H19N3. The van der Waals surface area contributed by atoms with Crippen molar-refractivity contribution in [2.45, 2.75) is 25.7 Å². The SMILES string of the molecule is CNCC1CCC1c1cn(C)nc1C. The highest BCUT2D eigenvalue weighted by molar-refractivity contribution is 5.24. The number of hydrogen-bond donors (Lipinski definition) is 1. The van der Waals surface area contributed by atoms with E-state index < -0.39 is 0 Å². The maximum Gasteiger partial charge on any atom is 0.0628 e. The van der Waals surface area contributed by atoms with Crippen molar-refractivity contribution in [3.05, 3.63) is 17.5 Å². The fourth-order valence-corrected chi connectivity index (χ4v) is 2.47. The van der Waals surface area contributed by atoms with Crippen LogP contribution in [0.25, 0.3) is 0 Å². The molecular weight excluding hydrogens is 174 g/mol. The Bertz CT molecular complexity index is 316. The summed E-state index contributed by atoms with van der Waals surface area (Å²) in [6.07, 6.45) is 4.88. The summed E-state index contributed by atoms with van der Waals surface area (Å²) in [5.41, 5.74) is 2.66. The van der Waals surface area contributed by atoms with E-state index >= 15 is 0 Å². The molecule has 0 spiro atoms. The minimum Gasteiger partial charge on any atom is -0.319 e. The molecule has 0 amide bonds. The lowest BCUT2D eigenvalue weighted by Gasteiger charge is -2.36. The molecule has 0 bridgehead atoms. The second-order valence-electron chi connectivity index (χ2n) is 4.35. The molecule has 0 aliphatic heterocycles. The Labute approximate surface area is 85.5 Å². The van der Waals surface area contributed by atoms with Crippen molar-refractivity contribution in [1.82, 2.24) is 15.1 Å². The van der Waals surface area contributed by atoms with Gasteiger partial charge in [0.25, 0.3) is 0 Å². The maximum absolute atomic E-state index is 4.40. The van der Waals surface area contributed by atoms with Crippen molar-refractivity contribution in [3.63, 3.8) is 0 Å². The van der Waals surface area contributed by atoms with Gasteiger partial charge in [-0.3, -0.25) is 4.68 Å². The summed E-state index contributed by atoms with van der Waals surface area (Å²) in [6.45, 7) is 3.25. The van der Waals surface area contributed by atoms with E-state index in [1.165, 1.54) is 24.1 Å². The van der Waals surface area contributed by atoms with Gasteiger partial charge in [0.2, 0.25) is 0 Å². The Morgan fingerprint density at radius 1 is 1.57 bits per heavy atom. The van der Waals surface area contributed by atoms with Crippen molar-refractivity contribution in [1.29, 1.82) is 0 Å². The lowest BCUT2D eigenvalue weighted by Crippen LogP contribution is -2.32. The molecule has 78 valence electrons. The molecule has 0 saturated heterocycles. The summed E-state index contributed by atoms with van der Waals surface area (Å²) >= 11 is 0. The van der Waals surface area contributed by atoms with Crippen LogP contribution in [0, 0.1) is 12.8 Å². The number of hydrogen-bond acceptors (Lipinski definition) is 2. The van der Waals surface area contributed by atoms with Gasteiger partial charge < -0.3 is 5.32 Å². The predicted octanol–water partition coefficient (Wildman–Crippen LogP) is 1.44. The van der Waals surface area contributed by atoms with E-state index in [-0.39, 0.29) is 0 Å². The van der Waals surface area contributed by atoms with Crippen LogP contribution in [0.1, 0.15) is 30.0 Å². The molecule has 1 aliphatic rings. The molecule has 1 aliphatic carbocycles. The standard InChI is InChI=1S/C11H19N3/c1-8-11(7-14(3)13-8)10-5-4-9(10)6-12-2/h7,9-10,12H,4-6H2,1-3H3. The van der Waals surface area contributed by atoms with Gasteiger partial charge in [-0.1, -0.05) is 0 Å². The van der Waals surface area contributed by atoms with E-state index in [2.05, 4.69) is 23.5 Å². The fraction of sp³-hybridized carbons (Fsp3) is 0.727. The summed E-state index contributed by atoms with van der Waals surface area (Å²) in [6, 6.07) is 0. The van der Waals surface area contributed by atoms with E-state index in [4.69, 9.17) is 0 Å². The minimum atomic E-state index is 0.746. The molecule has 1 aromatic rings. The summed E-state index contributed by atoms with van der Waals surface area (Å²) < 4.78 is 1.93. The molecule has 1 heterocycles. The molecule has 2 atom stereocenters. The average molecular weight is 193 g/mol. The monoisotopic (exact) mass is 193 g/mol. The van der Waals surface area contributed by atoms with Crippen LogP contribution in [0.15, 0.2) is 6.20 Å². The Hall–Kier alpha value is -0.830. The van der Waals surface area contributed by atoms with Gasteiger partial charge in [0, 0.05) is 13.2 Å². The Morgan fingerprint density at radius 2 is 2.36 bits per heavy atom. The zero-order chi connectivity index (χ0) is 10.1. The number of rotatable bonds is 3. The first-order chi connectivity index (χ1) is 6.72. The normalized spacial score (nSPS) is 26.2. The number of nitrogens with zero attached hydrogens (tertiary/aromatic N) is 2. The van der Waals surface area contributed by atoms with Crippen LogP contribution in [0.5, 0.6) is 0 Å². The van der Waals surface area contributed by atoms with Crippen LogP contribution in [-0.4, -0.2) is 23.4 Å². The molecule has 0 aromatic carbocycles. The molecule has 14 heavy (non-hydrogen) atoms. The highest BCUT2D eigenvalue weighted by Crippen LogP contribution is 2.42. The number of aromatic nitrogens is 2. The van der Waals surface area contributed by atoms with Crippen LogP contribution in [0.4, 0.5) is 0 Å². The molecule has 1 N–H and O–H groups in total. The Kier molecular flexibility index (Phi) is 2.59. The lowest BCUT2D eigenvalue weighted by molar-refractivity contribution is 0.250. The highest BCUT2D eigenvalue weighted by Gasteiger charge is 2.33. The third kappa shape index (κ3) is 1.57. The lowest BCUT2D eigenvalue weighted by atomic mass is 9.70. The quantitative estimate of drug-likeness (QED) is 0.787. The second kappa shape index (κ2) is 3.73. The highest BCUT2D eigenvalue weighted by atomic mass is 15.2. The zero-order valence-corrected chi connectivity index (χ0v) is 9.25. The third-order valence-corrected chi connectivity index (χ3v) is 3.33. The van der Waals surface area contributed by atoms with Gasteiger partial charge in [-0.05, 0) is 50.8 Å². The molecule has 1 aromatic heterocycles. The molecule has 1 fully saturated rings. The maximum atomic E-state index is 4.40. The molecule has 2 rings (SSSR count). The fourth-order valence-electron chi connectivity index (χ4n) is 2.47. The van der Waals surface area contributed by atoms with E-state index in [0.29, 0.717) is 0 Å². The Morgan fingerprint density at radius 3 is 2.79 bits per heavy atom. The molecule has 3 nitrogen and oxygen atoms in total. The topological polar surface area (TPSA) is 29.9 Å². The molecule has 3 heteroatoms. The van der Waals surface area contributed by atoms with E-state index in [0.717, 1.165) is 18.4 Å². The van der Waals surface area contributed by atoms with Crippen LogP contribution < -0.4 is 5.32 Å². The zero-order valence-electron chi connectivity index (χ0n) is 9.25. The molecule has 1 saturated carbocycles. The first-order valence-corrected chi connectivity index (χ1v) is 5.37. The van der Waals surface area contributed by atoms with E-state index in [9.17, 15) is 0 Å². The number of aryl methyl sites for hydroxylation is 2. The van der Waals surface area contributed by atoms with Crippen molar-refractivity contribution < 1.29 is 0 Å². The van der Waals surface area contributed by atoms with Crippen LogP contribution >= 0.6 is 0 Å². The first kappa shape index (κ1) is 9.71. The van der Waals surface area contributed by atoms with Crippen LogP contribution in [0.2, 0.25) is 0 Å². The van der Waals surface area contributed by atoms with Gasteiger partial charge in [0.1, 0.15) is 0 Å². The summed E-state index contributed by atoms with van der Waals surface area (Å²) in [5.74, 6) is 1.57. The van der Waals surface area contributed by atoms with Crippen molar-refractivity contribution >= 4 is 0 Å².